The Balaban J connectivity index is 2.69. The Labute approximate surface area is 131 Å². The lowest BCUT2D eigenvalue weighted by Crippen LogP contribution is -1.90. The lowest BCUT2D eigenvalue weighted by Gasteiger charge is -2.14. The highest BCUT2D eigenvalue weighted by Crippen LogP contribution is 2.35. The zero-order valence-electron chi connectivity index (χ0n) is 12.6. The van der Waals surface area contributed by atoms with E-state index in [0.29, 0.717) is 0 Å². The molecule has 0 fully saturated rings. The molecule has 0 amide bonds. The van der Waals surface area contributed by atoms with E-state index in [-0.39, 0.29) is 0 Å². The normalized spacial score (nSPS) is 10.5. The molecule has 0 atom stereocenters. The Bertz CT molecular complexity index is 861. The molecule has 0 aliphatic rings. The molecule has 0 N–H and O–H groups in total. The van der Waals surface area contributed by atoms with Crippen molar-refractivity contribution >= 4 is 45.8 Å². The molecule has 0 aromatic heterocycles. The third-order valence-corrected chi connectivity index (χ3v) is 4.16. The molecule has 0 heteroatoms. The number of fused-ring (bicyclic) bond motifs is 3. The summed E-state index contributed by atoms with van der Waals surface area (Å²) < 4.78 is 0. The van der Waals surface area contributed by atoms with Gasteiger partial charge in [-0.1, -0.05) is 87.0 Å². The molecule has 0 saturated carbocycles. The van der Waals surface area contributed by atoms with E-state index < -0.39 is 0 Å². The van der Waals surface area contributed by atoms with Crippen LogP contribution in [0.25, 0.3) is 45.8 Å². The first kappa shape index (κ1) is 14.1. The quantitative estimate of drug-likeness (QED) is 0.475. The lowest BCUT2D eigenvalue weighted by atomic mass is 9.90. The second-order valence-electron chi connectivity index (χ2n) is 5.22. The molecule has 22 heavy (non-hydrogen) atoms. The van der Waals surface area contributed by atoms with Crippen LogP contribution in [0.5, 0.6) is 0 Å². The van der Waals surface area contributed by atoms with Gasteiger partial charge in [-0.25, -0.2) is 0 Å². The smallest absolute Gasteiger partial charge is 0.00208 e. The average molecular weight is 282 g/mol. The van der Waals surface area contributed by atoms with Gasteiger partial charge in [0, 0.05) is 0 Å². The molecule has 0 bridgehead atoms. The number of hydrogen-bond acceptors (Lipinski definition) is 0. The monoisotopic (exact) mass is 282 g/mol. The van der Waals surface area contributed by atoms with Crippen molar-refractivity contribution in [3.63, 3.8) is 0 Å². The molecule has 0 radical (unpaired) electrons. The predicted molar refractivity (Wildman–Crippen MR) is 102 cm³/mol. The first-order valence-electron chi connectivity index (χ1n) is 7.27. The highest BCUT2D eigenvalue weighted by atomic mass is 14.1. The van der Waals surface area contributed by atoms with Gasteiger partial charge in [0.05, 0.1) is 0 Å². The number of hydrogen-bond donors (Lipinski definition) is 0. The standard InChI is InChI=1S/C22H18/c1-5-15-9-11-17-13-14-18-12-10-16(6-2)20(8-4)22(18)21(17)19(15)7-3/h5-14H,1-4H2. The van der Waals surface area contributed by atoms with Crippen LogP contribution in [0.3, 0.4) is 0 Å². The van der Waals surface area contributed by atoms with Crippen LogP contribution in [0, 0.1) is 0 Å². The molecule has 3 aromatic carbocycles. The molecule has 0 nitrogen and oxygen atoms in total. The van der Waals surface area contributed by atoms with E-state index in [1.165, 1.54) is 21.5 Å². The summed E-state index contributed by atoms with van der Waals surface area (Å²) in [5.74, 6) is 0. The van der Waals surface area contributed by atoms with Gasteiger partial charge in [-0.2, -0.15) is 0 Å². The van der Waals surface area contributed by atoms with Gasteiger partial charge >= 0.3 is 0 Å². The summed E-state index contributed by atoms with van der Waals surface area (Å²) in [6.07, 6.45) is 7.57. The van der Waals surface area contributed by atoms with E-state index in [4.69, 9.17) is 0 Å². The van der Waals surface area contributed by atoms with Gasteiger partial charge in [-0.3, -0.25) is 0 Å². The molecule has 0 saturated heterocycles. The van der Waals surface area contributed by atoms with E-state index in [0.717, 1.165) is 22.3 Å². The highest BCUT2D eigenvalue weighted by Gasteiger charge is 2.11. The first-order valence-corrected chi connectivity index (χ1v) is 7.27. The Morgan fingerprint density at radius 3 is 1.18 bits per heavy atom. The van der Waals surface area contributed by atoms with Gasteiger partial charge in [0.25, 0.3) is 0 Å². The molecule has 0 aliphatic heterocycles. The minimum absolute atomic E-state index is 1.09. The Morgan fingerprint density at radius 1 is 0.500 bits per heavy atom. The molecule has 3 rings (SSSR count). The average Bonchev–Trinajstić information content (AvgIpc) is 2.58. The van der Waals surface area contributed by atoms with Crippen molar-refractivity contribution in [2.24, 2.45) is 0 Å². The first-order chi connectivity index (χ1) is 10.7. The number of rotatable bonds is 4. The van der Waals surface area contributed by atoms with Crippen molar-refractivity contribution in [2.75, 3.05) is 0 Å². The summed E-state index contributed by atoms with van der Waals surface area (Å²) in [4.78, 5) is 0. The SMILES string of the molecule is C=Cc1ccc2ccc3ccc(C=C)c(C=C)c3c2c1C=C. The van der Waals surface area contributed by atoms with Gasteiger partial charge in [-0.05, 0) is 43.8 Å². The minimum Gasteiger partial charge on any atom is -0.0984 e. The second-order valence-corrected chi connectivity index (χ2v) is 5.22. The van der Waals surface area contributed by atoms with Crippen molar-refractivity contribution in [3.8, 4) is 0 Å². The molecule has 0 spiro atoms. The summed E-state index contributed by atoms with van der Waals surface area (Å²) in [5.41, 5.74) is 4.41. The van der Waals surface area contributed by atoms with Gasteiger partial charge < -0.3 is 0 Å². The molecule has 0 heterocycles. The Morgan fingerprint density at radius 2 is 0.864 bits per heavy atom. The zero-order chi connectivity index (χ0) is 15.7. The summed E-state index contributed by atoms with van der Waals surface area (Å²) in [7, 11) is 0. The molecule has 0 aliphatic carbocycles. The topological polar surface area (TPSA) is 0 Å². The van der Waals surface area contributed by atoms with Crippen molar-refractivity contribution in [2.45, 2.75) is 0 Å². The van der Waals surface area contributed by atoms with Crippen LogP contribution < -0.4 is 0 Å². The molecule has 106 valence electrons. The van der Waals surface area contributed by atoms with Crippen LogP contribution in [0.2, 0.25) is 0 Å². The van der Waals surface area contributed by atoms with E-state index in [1.807, 2.05) is 24.3 Å². The zero-order valence-corrected chi connectivity index (χ0v) is 12.6. The maximum Gasteiger partial charge on any atom is -0.00208 e. The second kappa shape index (κ2) is 5.50. The summed E-state index contributed by atoms with van der Waals surface area (Å²) in [6.45, 7) is 15.8. The van der Waals surface area contributed by atoms with Crippen LogP contribution >= 0.6 is 0 Å². The highest BCUT2D eigenvalue weighted by molar-refractivity contribution is 6.16. The van der Waals surface area contributed by atoms with Crippen molar-refractivity contribution in [1.82, 2.24) is 0 Å². The Hall–Kier alpha value is -2.86. The third kappa shape index (κ3) is 1.93. The largest absolute Gasteiger partial charge is 0.0984 e. The maximum absolute atomic E-state index is 4.00. The summed E-state index contributed by atoms with van der Waals surface area (Å²) >= 11 is 0. The van der Waals surface area contributed by atoms with Gasteiger partial charge in [0.1, 0.15) is 0 Å². The fraction of sp³-hybridized carbons (Fsp3) is 0. The van der Waals surface area contributed by atoms with Gasteiger partial charge in [0.15, 0.2) is 0 Å². The van der Waals surface area contributed by atoms with Gasteiger partial charge in [0.2, 0.25) is 0 Å². The van der Waals surface area contributed by atoms with Crippen LogP contribution in [0.15, 0.2) is 62.7 Å². The fourth-order valence-electron chi connectivity index (χ4n) is 3.12. The van der Waals surface area contributed by atoms with Crippen molar-refractivity contribution < 1.29 is 0 Å². The predicted octanol–water partition coefficient (Wildman–Crippen LogP) is 6.57. The summed E-state index contributed by atoms with van der Waals surface area (Å²) in [5, 5.41) is 4.78. The molecule has 3 aromatic rings. The van der Waals surface area contributed by atoms with Crippen LogP contribution in [-0.2, 0) is 0 Å². The molecule has 0 unspecified atom stereocenters. The maximum atomic E-state index is 4.00. The third-order valence-electron chi connectivity index (χ3n) is 4.16. The Kier molecular flexibility index (Phi) is 3.52. The van der Waals surface area contributed by atoms with E-state index >= 15 is 0 Å². The minimum atomic E-state index is 1.09. The molecular formula is C22H18. The van der Waals surface area contributed by atoms with Crippen molar-refractivity contribution in [3.05, 3.63) is 85.0 Å². The van der Waals surface area contributed by atoms with E-state index in [1.54, 1.807) is 0 Å². The van der Waals surface area contributed by atoms with Crippen molar-refractivity contribution in [1.29, 1.82) is 0 Å². The fourth-order valence-corrected chi connectivity index (χ4v) is 3.12. The van der Waals surface area contributed by atoms with E-state index in [2.05, 4.69) is 62.7 Å². The van der Waals surface area contributed by atoms with Crippen LogP contribution in [0.4, 0.5) is 0 Å². The van der Waals surface area contributed by atoms with E-state index in [9.17, 15) is 0 Å². The lowest BCUT2D eigenvalue weighted by molar-refractivity contribution is 1.66. The number of benzene rings is 3. The van der Waals surface area contributed by atoms with Gasteiger partial charge in [-0.15, -0.1) is 0 Å². The van der Waals surface area contributed by atoms with Crippen LogP contribution in [-0.4, -0.2) is 0 Å². The summed E-state index contributed by atoms with van der Waals surface area (Å²) in [6, 6.07) is 12.7. The van der Waals surface area contributed by atoms with Crippen LogP contribution in [0.1, 0.15) is 22.3 Å². The molecular weight excluding hydrogens is 264 g/mol.